The maximum Gasteiger partial charge on any atom is 0.254 e. The van der Waals surface area contributed by atoms with Crippen LogP contribution in [0.2, 0.25) is 0 Å². The molecule has 1 aliphatic rings. The third kappa shape index (κ3) is 3.60. The third-order valence-electron chi connectivity index (χ3n) is 3.66. The number of hydrogen-bond donors (Lipinski definition) is 3. The van der Waals surface area contributed by atoms with Crippen LogP contribution in [0.5, 0.6) is 0 Å². The van der Waals surface area contributed by atoms with Gasteiger partial charge in [-0.2, -0.15) is 5.10 Å². The molecule has 0 aliphatic carbocycles. The first kappa shape index (κ1) is 15.7. The predicted molar refractivity (Wildman–Crippen MR) is 86.2 cm³/mol. The van der Waals surface area contributed by atoms with Crippen LogP contribution in [0.15, 0.2) is 42.7 Å². The van der Waals surface area contributed by atoms with Crippen LogP contribution in [0.25, 0.3) is 0 Å². The number of carbonyl (C=O) groups is 3. The Bertz CT molecular complexity index is 757. The Morgan fingerprint density at radius 1 is 1.25 bits per heavy atom. The van der Waals surface area contributed by atoms with Crippen molar-refractivity contribution in [2.75, 3.05) is 11.9 Å². The summed E-state index contributed by atoms with van der Waals surface area (Å²) in [5.41, 5.74) is 0.828. The molecule has 0 bridgehead atoms. The van der Waals surface area contributed by atoms with Crippen molar-refractivity contribution in [3.63, 3.8) is 0 Å². The molecule has 2 heterocycles. The highest BCUT2D eigenvalue weighted by molar-refractivity contribution is 6.10. The molecule has 1 aromatic carbocycles. The lowest BCUT2D eigenvalue weighted by Gasteiger charge is -2.14. The molecule has 3 N–H and O–H groups in total. The van der Waals surface area contributed by atoms with E-state index in [9.17, 15) is 14.4 Å². The lowest BCUT2D eigenvalue weighted by Crippen LogP contribution is -2.44. The highest BCUT2D eigenvalue weighted by Crippen LogP contribution is 2.18. The van der Waals surface area contributed by atoms with Crippen LogP contribution in [0.4, 0.5) is 5.69 Å². The first-order valence-corrected chi connectivity index (χ1v) is 7.58. The molecule has 1 aliphatic heterocycles. The van der Waals surface area contributed by atoms with Gasteiger partial charge in [0.15, 0.2) is 0 Å². The number of rotatable bonds is 5. The molecule has 1 aromatic heterocycles. The fourth-order valence-electron chi connectivity index (χ4n) is 2.46. The molecule has 0 saturated carbocycles. The van der Waals surface area contributed by atoms with Gasteiger partial charge in [0, 0.05) is 18.9 Å². The Morgan fingerprint density at radius 2 is 2.08 bits per heavy atom. The van der Waals surface area contributed by atoms with E-state index in [0.29, 0.717) is 24.3 Å². The van der Waals surface area contributed by atoms with Gasteiger partial charge in [-0.3, -0.25) is 19.1 Å². The van der Waals surface area contributed by atoms with Crippen molar-refractivity contribution in [1.29, 1.82) is 0 Å². The lowest BCUT2D eigenvalue weighted by molar-refractivity contribution is -0.125. The van der Waals surface area contributed by atoms with E-state index in [4.69, 9.17) is 0 Å². The van der Waals surface area contributed by atoms with Crippen molar-refractivity contribution in [2.24, 2.45) is 0 Å². The molecule has 0 radical (unpaired) electrons. The highest BCUT2D eigenvalue weighted by Gasteiger charge is 2.29. The molecule has 0 unspecified atom stereocenters. The van der Waals surface area contributed by atoms with E-state index in [-0.39, 0.29) is 18.2 Å². The summed E-state index contributed by atoms with van der Waals surface area (Å²) < 4.78 is 1.69. The van der Waals surface area contributed by atoms with E-state index in [1.165, 1.54) is 0 Å². The van der Waals surface area contributed by atoms with Gasteiger partial charge >= 0.3 is 0 Å². The Morgan fingerprint density at radius 3 is 2.88 bits per heavy atom. The molecule has 2 aromatic rings. The SMILES string of the molecule is O=C(C[C@@H]1NC(=O)c2ccccc2NC1=O)NCCn1cccn1. The number of aromatic nitrogens is 2. The largest absolute Gasteiger partial charge is 0.354 e. The zero-order valence-electron chi connectivity index (χ0n) is 12.9. The maximum absolute atomic E-state index is 12.2. The van der Waals surface area contributed by atoms with E-state index in [1.807, 2.05) is 0 Å². The summed E-state index contributed by atoms with van der Waals surface area (Å²) in [4.78, 5) is 36.4. The summed E-state index contributed by atoms with van der Waals surface area (Å²) in [5, 5.41) is 12.0. The second-order valence-electron chi connectivity index (χ2n) is 5.38. The van der Waals surface area contributed by atoms with Gasteiger partial charge in [-0.1, -0.05) is 12.1 Å². The summed E-state index contributed by atoms with van der Waals surface area (Å²) >= 11 is 0. The molecule has 0 saturated heterocycles. The van der Waals surface area contributed by atoms with Gasteiger partial charge in [-0.15, -0.1) is 0 Å². The van der Waals surface area contributed by atoms with Gasteiger partial charge in [0.25, 0.3) is 5.91 Å². The number of carbonyl (C=O) groups excluding carboxylic acids is 3. The second kappa shape index (κ2) is 6.95. The molecule has 3 amide bonds. The van der Waals surface area contributed by atoms with Gasteiger partial charge in [0.05, 0.1) is 24.2 Å². The molecule has 1 atom stereocenters. The normalized spacial score (nSPS) is 16.6. The second-order valence-corrected chi connectivity index (χ2v) is 5.38. The van der Waals surface area contributed by atoms with Crippen molar-refractivity contribution in [2.45, 2.75) is 19.0 Å². The minimum atomic E-state index is -0.908. The number of fused-ring (bicyclic) bond motifs is 1. The van der Waals surface area contributed by atoms with Crippen LogP contribution in [0.3, 0.4) is 0 Å². The van der Waals surface area contributed by atoms with E-state index in [0.717, 1.165) is 0 Å². The summed E-state index contributed by atoms with van der Waals surface area (Å²) in [7, 11) is 0. The zero-order valence-corrected chi connectivity index (χ0v) is 12.9. The monoisotopic (exact) mass is 327 g/mol. The number of nitrogens with zero attached hydrogens (tertiary/aromatic N) is 2. The van der Waals surface area contributed by atoms with Crippen LogP contribution in [-0.4, -0.2) is 40.1 Å². The molecular formula is C16H17N5O3. The van der Waals surface area contributed by atoms with Crippen molar-refractivity contribution in [1.82, 2.24) is 20.4 Å². The number of nitrogens with one attached hydrogen (secondary N) is 3. The summed E-state index contributed by atoms with van der Waals surface area (Å²) in [6, 6.07) is 7.61. The molecular weight excluding hydrogens is 310 g/mol. The van der Waals surface area contributed by atoms with E-state index < -0.39 is 11.9 Å². The first-order valence-electron chi connectivity index (χ1n) is 7.58. The molecule has 8 heteroatoms. The highest BCUT2D eigenvalue weighted by atomic mass is 16.2. The Labute approximate surface area is 138 Å². The molecule has 3 rings (SSSR count). The molecule has 124 valence electrons. The summed E-state index contributed by atoms with van der Waals surface area (Å²) in [6.07, 6.45) is 3.33. The van der Waals surface area contributed by atoms with Crippen molar-refractivity contribution < 1.29 is 14.4 Å². The standard InChI is InChI=1S/C16H17N5O3/c22-14(17-7-9-21-8-3-6-18-21)10-13-16(24)19-12-5-2-1-4-11(12)15(23)20-13/h1-6,8,13H,7,9-10H2,(H,17,22)(H,19,24)(H,20,23)/t13-/m0/s1. The summed E-state index contributed by atoms with van der Waals surface area (Å²) in [6.45, 7) is 0.927. The van der Waals surface area contributed by atoms with Crippen LogP contribution in [-0.2, 0) is 16.1 Å². The first-order chi connectivity index (χ1) is 11.6. The van der Waals surface area contributed by atoms with Crippen molar-refractivity contribution in [3.05, 3.63) is 48.3 Å². The van der Waals surface area contributed by atoms with Crippen molar-refractivity contribution in [3.8, 4) is 0 Å². The van der Waals surface area contributed by atoms with Gasteiger partial charge < -0.3 is 16.0 Å². The number of hydrogen-bond acceptors (Lipinski definition) is 4. The van der Waals surface area contributed by atoms with Crippen LogP contribution in [0, 0.1) is 0 Å². The molecule has 8 nitrogen and oxygen atoms in total. The van der Waals surface area contributed by atoms with Crippen LogP contribution < -0.4 is 16.0 Å². The lowest BCUT2D eigenvalue weighted by atomic mass is 10.1. The Hall–Kier alpha value is -3.16. The van der Waals surface area contributed by atoms with Gasteiger partial charge in [-0.05, 0) is 18.2 Å². The van der Waals surface area contributed by atoms with E-state index in [1.54, 1.807) is 47.4 Å². The number of para-hydroxylation sites is 1. The molecule has 0 fully saturated rings. The fourth-order valence-corrected chi connectivity index (χ4v) is 2.46. The van der Waals surface area contributed by atoms with E-state index in [2.05, 4.69) is 21.0 Å². The number of amides is 3. The predicted octanol–water partition coefficient (Wildman–Crippen LogP) is 0.140. The van der Waals surface area contributed by atoms with Gasteiger partial charge in [-0.25, -0.2) is 0 Å². The van der Waals surface area contributed by atoms with E-state index >= 15 is 0 Å². The van der Waals surface area contributed by atoms with Gasteiger partial charge in [0.1, 0.15) is 6.04 Å². The minimum Gasteiger partial charge on any atom is -0.354 e. The topological polar surface area (TPSA) is 105 Å². The minimum absolute atomic E-state index is 0.120. The fraction of sp³-hybridized carbons (Fsp3) is 0.250. The van der Waals surface area contributed by atoms with Crippen LogP contribution in [0.1, 0.15) is 16.8 Å². The molecule has 24 heavy (non-hydrogen) atoms. The van der Waals surface area contributed by atoms with Gasteiger partial charge in [0.2, 0.25) is 11.8 Å². The maximum atomic E-state index is 12.2. The quantitative estimate of drug-likeness (QED) is 0.726. The summed E-state index contributed by atoms with van der Waals surface area (Å²) in [5.74, 6) is -1.10. The zero-order chi connectivity index (χ0) is 16.9. The van der Waals surface area contributed by atoms with Crippen molar-refractivity contribution >= 4 is 23.4 Å². The number of benzene rings is 1. The Balaban J connectivity index is 1.56. The Kier molecular flexibility index (Phi) is 4.55. The molecule has 0 spiro atoms. The number of anilines is 1. The third-order valence-corrected chi connectivity index (χ3v) is 3.66. The van der Waals surface area contributed by atoms with Crippen LogP contribution >= 0.6 is 0 Å². The average molecular weight is 327 g/mol. The smallest absolute Gasteiger partial charge is 0.254 e. The average Bonchev–Trinajstić information content (AvgIpc) is 3.04.